The fraction of sp³-hybridized carbons (Fsp3) is 0.0784. The van der Waals surface area contributed by atoms with Crippen LogP contribution in [0.15, 0.2) is 179 Å². The van der Waals surface area contributed by atoms with E-state index in [2.05, 4.69) is 185 Å². The first-order valence-electron chi connectivity index (χ1n) is 19.4. The van der Waals surface area contributed by atoms with E-state index in [-0.39, 0.29) is 12.3 Å². The van der Waals surface area contributed by atoms with Crippen LogP contribution in [0.3, 0.4) is 0 Å². The van der Waals surface area contributed by atoms with E-state index < -0.39 is 0 Å². The molecule has 3 heterocycles. The van der Waals surface area contributed by atoms with Gasteiger partial charge in [-0.2, -0.15) is 0 Å². The van der Waals surface area contributed by atoms with Crippen LogP contribution in [-0.4, -0.2) is 10.4 Å². The number of hydrogen-bond donors (Lipinski definition) is 2. The Balaban J connectivity index is 1.01. The Hall–Kier alpha value is -6.95. The summed E-state index contributed by atoms with van der Waals surface area (Å²) in [5, 5.41) is 13.6. The zero-order chi connectivity index (χ0) is 37.0. The molecule has 2 N–H and O–H groups in total. The number of amidine groups is 1. The molecule has 56 heavy (non-hydrogen) atoms. The van der Waals surface area contributed by atoms with Crippen molar-refractivity contribution in [3.63, 3.8) is 0 Å². The number of nitrogens with zero attached hydrogens (tertiary/aromatic N) is 2. The predicted molar refractivity (Wildman–Crippen MR) is 230 cm³/mol. The molecule has 0 saturated heterocycles. The number of rotatable bonds is 6. The molecule has 9 aromatic rings. The van der Waals surface area contributed by atoms with Gasteiger partial charge in [0.2, 0.25) is 0 Å². The molecule has 0 radical (unpaired) electrons. The fourth-order valence-electron chi connectivity index (χ4n) is 8.63. The van der Waals surface area contributed by atoms with Gasteiger partial charge in [-0.25, -0.2) is 4.99 Å². The molecule has 5 heteroatoms. The van der Waals surface area contributed by atoms with Gasteiger partial charge in [-0.3, -0.25) is 5.32 Å². The molecule has 0 saturated carbocycles. The zero-order valence-corrected chi connectivity index (χ0v) is 30.7. The van der Waals surface area contributed by atoms with E-state index in [0.29, 0.717) is 0 Å². The second-order valence-electron chi connectivity index (χ2n) is 14.7. The van der Waals surface area contributed by atoms with Gasteiger partial charge in [-0.1, -0.05) is 140 Å². The van der Waals surface area contributed by atoms with Gasteiger partial charge in [0.25, 0.3) is 0 Å². The number of fused-ring (bicyclic) bond motifs is 6. The van der Waals surface area contributed by atoms with E-state index in [4.69, 9.17) is 9.41 Å². The van der Waals surface area contributed by atoms with Crippen LogP contribution in [0, 0.1) is 0 Å². The van der Waals surface area contributed by atoms with Gasteiger partial charge in [-0.15, -0.1) is 0 Å². The van der Waals surface area contributed by atoms with Crippen LogP contribution in [-0.2, 0) is 0 Å². The second-order valence-corrected chi connectivity index (χ2v) is 14.7. The molecule has 1 aliphatic carbocycles. The van der Waals surface area contributed by atoms with Crippen LogP contribution < -0.4 is 21.2 Å². The van der Waals surface area contributed by atoms with E-state index in [9.17, 15) is 0 Å². The van der Waals surface area contributed by atoms with Crippen molar-refractivity contribution in [1.29, 1.82) is 0 Å². The van der Waals surface area contributed by atoms with Gasteiger partial charge in [0.1, 0.15) is 29.3 Å². The molecule has 5 nitrogen and oxygen atoms in total. The number of benzene rings is 7. The summed E-state index contributed by atoms with van der Waals surface area (Å²) in [6.07, 6.45) is 6.47. The molecule has 11 rings (SSSR count). The highest BCUT2D eigenvalue weighted by Crippen LogP contribution is 2.38. The van der Waals surface area contributed by atoms with Crippen LogP contribution in [0.1, 0.15) is 41.9 Å². The highest BCUT2D eigenvalue weighted by molar-refractivity contribution is 6.09. The molecule has 2 aliphatic rings. The monoisotopic (exact) mass is 722 g/mol. The smallest absolute Gasteiger partial charge is 0.135 e. The van der Waals surface area contributed by atoms with Crippen molar-refractivity contribution in [3.05, 3.63) is 197 Å². The Morgan fingerprint density at radius 3 is 2.00 bits per heavy atom. The molecule has 7 aromatic carbocycles. The number of hydrogen-bond acceptors (Lipinski definition) is 4. The minimum absolute atomic E-state index is 0.211. The first-order chi connectivity index (χ1) is 27.7. The van der Waals surface area contributed by atoms with Gasteiger partial charge >= 0.3 is 0 Å². The third kappa shape index (κ3) is 5.55. The van der Waals surface area contributed by atoms with Crippen LogP contribution in [0.25, 0.3) is 72.9 Å². The van der Waals surface area contributed by atoms with E-state index in [1.165, 1.54) is 43.8 Å². The predicted octanol–water partition coefficient (Wildman–Crippen LogP) is 10.6. The summed E-state index contributed by atoms with van der Waals surface area (Å²) in [4.78, 5) is 5.14. The summed E-state index contributed by atoms with van der Waals surface area (Å²) < 4.78 is 8.96. The van der Waals surface area contributed by atoms with Crippen LogP contribution in [0.4, 0.5) is 0 Å². The molecule has 2 aromatic heterocycles. The maximum absolute atomic E-state index is 6.53. The minimum atomic E-state index is -0.220. The third-order valence-corrected chi connectivity index (χ3v) is 11.3. The molecule has 0 bridgehead atoms. The van der Waals surface area contributed by atoms with Crippen LogP contribution in [0.2, 0.25) is 0 Å². The quantitative estimate of drug-likeness (QED) is 0.180. The summed E-state index contributed by atoms with van der Waals surface area (Å²) in [6.45, 7) is 0. The Bertz CT molecular complexity index is 3070. The van der Waals surface area contributed by atoms with Crippen molar-refractivity contribution in [1.82, 2.24) is 15.2 Å². The lowest BCUT2D eigenvalue weighted by Gasteiger charge is -2.32. The standard InChI is InChI=1S/C51H38N4O/c1-4-13-33(14-5-1)34-23-27-39(28-24-34)55-44-21-11-10-19-40(44)42-31-37(25-29-45(42)55)38-26-30-46-43(32-38)48-41(20-12-22-47(48)56-46)51-53-49(35-15-6-2-7-16-35)52-50(54-51)36-17-8-3-9-18-36/h1-9,12-32,49,51,53H,10-11H2,(H,52,54). The van der Waals surface area contributed by atoms with Crippen molar-refractivity contribution in [3.8, 4) is 27.9 Å². The number of nitrogens with one attached hydrogen (secondary N) is 2. The molecular formula is C51H38N4O. The average Bonchev–Trinajstić information content (AvgIpc) is 3.82. The molecule has 268 valence electrons. The van der Waals surface area contributed by atoms with E-state index in [1.807, 2.05) is 12.1 Å². The van der Waals surface area contributed by atoms with Gasteiger partial charge in [0, 0.05) is 43.5 Å². The van der Waals surface area contributed by atoms with Gasteiger partial charge < -0.3 is 14.3 Å². The van der Waals surface area contributed by atoms with Crippen molar-refractivity contribution in [2.75, 3.05) is 0 Å². The molecule has 1 aliphatic heterocycles. The Morgan fingerprint density at radius 1 is 0.554 bits per heavy atom. The molecular weight excluding hydrogens is 685 g/mol. The van der Waals surface area contributed by atoms with Crippen molar-refractivity contribution >= 4 is 50.8 Å². The van der Waals surface area contributed by atoms with Gasteiger partial charge in [0.15, 0.2) is 0 Å². The average molecular weight is 723 g/mol. The Morgan fingerprint density at radius 2 is 1.21 bits per heavy atom. The topological polar surface area (TPSA) is 54.5 Å². The molecule has 2 unspecified atom stereocenters. The normalized spacial score (nSPS) is 16.5. The van der Waals surface area contributed by atoms with Crippen molar-refractivity contribution in [2.24, 2.45) is 4.99 Å². The van der Waals surface area contributed by atoms with Crippen LogP contribution in [0.5, 0.6) is 0 Å². The lowest BCUT2D eigenvalue weighted by molar-refractivity contribution is 0.411. The van der Waals surface area contributed by atoms with Crippen molar-refractivity contribution in [2.45, 2.75) is 25.2 Å². The maximum Gasteiger partial charge on any atom is 0.135 e. The van der Waals surface area contributed by atoms with Gasteiger partial charge in [0.05, 0.1) is 5.52 Å². The third-order valence-electron chi connectivity index (χ3n) is 11.3. The summed E-state index contributed by atoms with van der Waals surface area (Å²) in [6, 6.07) is 60.3. The first-order valence-corrected chi connectivity index (χ1v) is 19.4. The number of aromatic nitrogens is 1. The maximum atomic E-state index is 6.53. The van der Waals surface area contributed by atoms with E-state index >= 15 is 0 Å². The second kappa shape index (κ2) is 13.4. The number of aliphatic imine (C=N–C) groups is 1. The fourth-order valence-corrected chi connectivity index (χ4v) is 8.63. The van der Waals surface area contributed by atoms with E-state index in [1.54, 1.807) is 0 Å². The van der Waals surface area contributed by atoms with Gasteiger partial charge in [-0.05, 0) is 83.1 Å². The highest BCUT2D eigenvalue weighted by atomic mass is 16.3. The van der Waals surface area contributed by atoms with Crippen LogP contribution >= 0.6 is 0 Å². The lowest BCUT2D eigenvalue weighted by atomic mass is 9.98. The molecule has 0 spiro atoms. The van der Waals surface area contributed by atoms with E-state index in [0.717, 1.165) is 62.9 Å². The number of furan rings is 1. The lowest BCUT2D eigenvalue weighted by Crippen LogP contribution is -2.45. The summed E-state index contributed by atoms with van der Waals surface area (Å²) in [5.74, 6) is 0.860. The summed E-state index contributed by atoms with van der Waals surface area (Å²) in [7, 11) is 0. The van der Waals surface area contributed by atoms with Crippen molar-refractivity contribution < 1.29 is 4.42 Å². The minimum Gasteiger partial charge on any atom is -0.456 e. The largest absolute Gasteiger partial charge is 0.456 e. The zero-order valence-electron chi connectivity index (χ0n) is 30.7. The summed E-state index contributed by atoms with van der Waals surface area (Å²) in [5.41, 5.74) is 12.2. The first kappa shape index (κ1) is 32.5. The Labute approximate surface area is 324 Å². The SMILES string of the molecule is C1=c2c(n(-c3ccc(-c4ccccc4)cc3)c3ccc(-c4ccc5oc6cccc(C7NC(c8ccccc8)=NC(c8ccccc8)N7)c6c5c4)cc23)=CCC1. The molecule has 0 amide bonds. The highest BCUT2D eigenvalue weighted by Gasteiger charge is 2.28. The summed E-state index contributed by atoms with van der Waals surface area (Å²) >= 11 is 0. The molecule has 2 atom stereocenters. The molecule has 0 fully saturated rings. The Kier molecular flexibility index (Phi) is 7.78.